The van der Waals surface area contributed by atoms with Crippen LogP contribution in [0.25, 0.3) is 28.0 Å². The number of rotatable bonds is 5. The van der Waals surface area contributed by atoms with Gasteiger partial charge in [0, 0.05) is 43.3 Å². The zero-order valence-electron chi connectivity index (χ0n) is 20.4. The summed E-state index contributed by atoms with van der Waals surface area (Å²) in [6.45, 7) is 3.94. The second-order valence-electron chi connectivity index (χ2n) is 9.24. The summed E-state index contributed by atoms with van der Waals surface area (Å²) in [6.07, 6.45) is 0. The van der Waals surface area contributed by atoms with Crippen molar-refractivity contribution in [2.45, 2.75) is 6.54 Å². The summed E-state index contributed by atoms with van der Waals surface area (Å²) in [6, 6.07) is 20.0. The number of hydrogen-bond acceptors (Lipinski definition) is 6. The van der Waals surface area contributed by atoms with Crippen LogP contribution < -0.4 is 10.6 Å². The molecule has 0 spiro atoms. The van der Waals surface area contributed by atoms with E-state index in [4.69, 9.17) is 27.3 Å². The lowest BCUT2D eigenvalue weighted by atomic mass is 10.1. The molecule has 0 bridgehead atoms. The molecule has 1 aliphatic heterocycles. The number of nitrogen functional groups attached to an aromatic ring is 1. The second-order valence-corrected chi connectivity index (χ2v) is 9.68. The van der Waals surface area contributed by atoms with Gasteiger partial charge in [-0.25, -0.2) is 18.4 Å². The Hall–Kier alpha value is -4.08. The maximum Gasteiger partial charge on any atom is 0.228 e. The highest BCUT2D eigenvalue weighted by atomic mass is 35.5. The van der Waals surface area contributed by atoms with E-state index in [1.54, 1.807) is 24.3 Å². The van der Waals surface area contributed by atoms with Crippen LogP contribution in [0.15, 0.2) is 72.8 Å². The summed E-state index contributed by atoms with van der Waals surface area (Å²) < 4.78 is 29.1. The molecule has 0 aliphatic carbocycles. The van der Waals surface area contributed by atoms with E-state index in [9.17, 15) is 8.78 Å². The number of halogens is 3. The number of hydrogen-bond donors (Lipinski definition) is 1. The van der Waals surface area contributed by atoms with Crippen molar-refractivity contribution in [2.75, 3.05) is 36.8 Å². The molecule has 7 nitrogen and oxygen atoms in total. The summed E-state index contributed by atoms with van der Waals surface area (Å²) in [5, 5.41) is 5.87. The molecule has 1 fully saturated rings. The molecule has 0 saturated carbocycles. The fourth-order valence-corrected chi connectivity index (χ4v) is 4.84. The lowest BCUT2D eigenvalue weighted by Crippen LogP contribution is -2.46. The number of nitrogens with two attached hydrogens (primary N) is 1. The van der Waals surface area contributed by atoms with Gasteiger partial charge in [0.05, 0.1) is 16.8 Å². The highest BCUT2D eigenvalue weighted by molar-refractivity contribution is 6.30. The second kappa shape index (κ2) is 10.00. The molecule has 3 aromatic carbocycles. The van der Waals surface area contributed by atoms with E-state index in [1.807, 2.05) is 24.3 Å². The molecule has 1 aliphatic rings. The third-order valence-electron chi connectivity index (χ3n) is 6.70. The van der Waals surface area contributed by atoms with Crippen molar-refractivity contribution in [3.8, 4) is 16.9 Å². The van der Waals surface area contributed by atoms with Crippen LogP contribution in [0.2, 0.25) is 5.02 Å². The normalized spacial score (nSPS) is 14.3. The van der Waals surface area contributed by atoms with Crippen molar-refractivity contribution in [2.24, 2.45) is 0 Å². The first-order valence-corrected chi connectivity index (χ1v) is 12.6. The fourth-order valence-electron chi connectivity index (χ4n) is 4.72. The third-order valence-corrected chi connectivity index (χ3v) is 6.95. The Kier molecular flexibility index (Phi) is 6.39. The number of aromatic nitrogens is 4. The Morgan fingerprint density at radius 1 is 0.842 bits per heavy atom. The molecule has 10 heteroatoms. The van der Waals surface area contributed by atoms with Gasteiger partial charge >= 0.3 is 0 Å². The number of fused-ring (bicyclic) bond motifs is 1. The van der Waals surface area contributed by atoms with E-state index in [0.29, 0.717) is 33.9 Å². The van der Waals surface area contributed by atoms with Crippen molar-refractivity contribution >= 4 is 34.4 Å². The zero-order chi connectivity index (χ0) is 26.2. The van der Waals surface area contributed by atoms with Gasteiger partial charge in [-0.05, 0) is 60.2 Å². The molecule has 0 atom stereocenters. The lowest BCUT2D eigenvalue weighted by molar-refractivity contribution is 0.249. The van der Waals surface area contributed by atoms with Gasteiger partial charge in [-0.3, -0.25) is 4.90 Å². The molecule has 1 saturated heterocycles. The Bertz CT molecular complexity index is 1590. The van der Waals surface area contributed by atoms with E-state index in [-0.39, 0.29) is 11.6 Å². The van der Waals surface area contributed by atoms with Crippen molar-refractivity contribution in [3.63, 3.8) is 0 Å². The maximum absolute atomic E-state index is 14.0. The molecule has 5 aromatic rings. The Labute approximate surface area is 223 Å². The number of nitrogens with zero attached hydrogens (tertiary/aromatic N) is 6. The van der Waals surface area contributed by atoms with Gasteiger partial charge < -0.3 is 10.6 Å². The highest BCUT2D eigenvalue weighted by Gasteiger charge is 2.24. The van der Waals surface area contributed by atoms with Crippen molar-refractivity contribution < 1.29 is 8.78 Å². The average Bonchev–Trinajstić information content (AvgIpc) is 3.27. The molecule has 0 radical (unpaired) electrons. The number of piperazine rings is 1. The van der Waals surface area contributed by atoms with Crippen LogP contribution in [-0.4, -0.2) is 50.8 Å². The predicted molar refractivity (Wildman–Crippen MR) is 145 cm³/mol. The average molecular weight is 532 g/mol. The van der Waals surface area contributed by atoms with E-state index in [0.717, 1.165) is 37.7 Å². The van der Waals surface area contributed by atoms with E-state index >= 15 is 0 Å². The number of benzene rings is 3. The third kappa shape index (κ3) is 4.78. The minimum atomic E-state index is -0.400. The molecule has 38 heavy (non-hydrogen) atoms. The van der Waals surface area contributed by atoms with Gasteiger partial charge in [0.15, 0.2) is 5.65 Å². The van der Waals surface area contributed by atoms with Crippen molar-refractivity contribution in [1.82, 2.24) is 24.6 Å². The molecule has 3 heterocycles. The van der Waals surface area contributed by atoms with Gasteiger partial charge in [0.2, 0.25) is 5.95 Å². The summed E-state index contributed by atoms with van der Waals surface area (Å²) in [5.41, 5.74) is 9.82. The van der Waals surface area contributed by atoms with E-state index in [1.165, 1.54) is 34.5 Å². The van der Waals surface area contributed by atoms with Crippen LogP contribution in [0, 0.1) is 11.6 Å². The van der Waals surface area contributed by atoms with Crippen LogP contribution >= 0.6 is 11.6 Å². The smallest absolute Gasteiger partial charge is 0.228 e. The Morgan fingerprint density at radius 2 is 1.58 bits per heavy atom. The molecule has 192 valence electrons. The summed E-state index contributed by atoms with van der Waals surface area (Å²) in [4.78, 5) is 14.1. The minimum absolute atomic E-state index is 0.282. The summed E-state index contributed by atoms with van der Waals surface area (Å²) >= 11 is 6.02. The SMILES string of the molecule is Nc1c2c(-c3ccc(F)cc3)nc(N3CCN(Cc4ccc(Cl)cc4)CC3)nc2nn1-c1cccc(F)c1. The lowest BCUT2D eigenvalue weighted by Gasteiger charge is -2.34. The van der Waals surface area contributed by atoms with Gasteiger partial charge in [-0.2, -0.15) is 4.98 Å². The molecule has 2 N–H and O–H groups in total. The largest absolute Gasteiger partial charge is 0.383 e. The molecular formula is C28H24ClF2N7. The molecule has 2 aromatic heterocycles. The molecule has 0 amide bonds. The predicted octanol–water partition coefficient (Wildman–Crippen LogP) is 5.32. The first-order chi connectivity index (χ1) is 18.4. The first kappa shape index (κ1) is 24.3. The van der Waals surface area contributed by atoms with Crippen LogP contribution in [0.3, 0.4) is 0 Å². The fraction of sp³-hybridized carbons (Fsp3) is 0.179. The quantitative estimate of drug-likeness (QED) is 0.331. The summed E-state index contributed by atoms with van der Waals surface area (Å²) in [5.74, 6) is 0.0547. The monoisotopic (exact) mass is 531 g/mol. The van der Waals surface area contributed by atoms with E-state index in [2.05, 4.69) is 14.9 Å². The molecule has 0 unspecified atom stereocenters. The summed E-state index contributed by atoms with van der Waals surface area (Å²) in [7, 11) is 0. The minimum Gasteiger partial charge on any atom is -0.383 e. The Balaban J connectivity index is 1.35. The molecule has 6 rings (SSSR count). The van der Waals surface area contributed by atoms with Crippen molar-refractivity contribution in [3.05, 3.63) is 95.0 Å². The zero-order valence-corrected chi connectivity index (χ0v) is 21.1. The van der Waals surface area contributed by atoms with Crippen molar-refractivity contribution in [1.29, 1.82) is 0 Å². The Morgan fingerprint density at radius 3 is 2.29 bits per heavy atom. The number of anilines is 2. The standard InChI is InChI=1S/C28H24ClF2N7/c29-20-8-4-18(5-9-20)17-36-12-14-37(15-13-36)28-33-25(19-6-10-21(30)11-7-19)24-26(32)38(35-27(24)34-28)23-3-1-2-22(31)16-23/h1-11,16H,12-15,17,32H2. The maximum atomic E-state index is 14.0. The molecular weight excluding hydrogens is 508 g/mol. The van der Waals surface area contributed by atoms with Crippen LogP contribution in [-0.2, 0) is 6.54 Å². The van der Waals surface area contributed by atoms with E-state index < -0.39 is 5.82 Å². The van der Waals surface area contributed by atoms with Gasteiger partial charge in [-0.15, -0.1) is 5.10 Å². The van der Waals surface area contributed by atoms with Gasteiger partial charge in [0.1, 0.15) is 17.5 Å². The van der Waals surface area contributed by atoms with Crippen LogP contribution in [0.4, 0.5) is 20.5 Å². The van der Waals surface area contributed by atoms with Gasteiger partial charge in [-0.1, -0.05) is 29.8 Å². The van der Waals surface area contributed by atoms with Gasteiger partial charge in [0.25, 0.3) is 0 Å². The highest BCUT2D eigenvalue weighted by Crippen LogP contribution is 2.34. The topological polar surface area (TPSA) is 76.1 Å². The van der Waals surface area contributed by atoms with Crippen LogP contribution in [0.1, 0.15) is 5.56 Å². The first-order valence-electron chi connectivity index (χ1n) is 12.2. The van der Waals surface area contributed by atoms with Crippen LogP contribution in [0.5, 0.6) is 0 Å².